The third kappa shape index (κ3) is 3.66. The summed E-state index contributed by atoms with van der Waals surface area (Å²) < 4.78 is 0. The zero-order valence-electron chi connectivity index (χ0n) is 12.9. The zero-order valence-corrected chi connectivity index (χ0v) is 13.7. The van der Waals surface area contributed by atoms with E-state index in [1.807, 2.05) is 0 Å². The van der Waals surface area contributed by atoms with Gasteiger partial charge in [0, 0.05) is 6.54 Å². The summed E-state index contributed by atoms with van der Waals surface area (Å²) in [7, 11) is 0. The van der Waals surface area contributed by atoms with Gasteiger partial charge in [-0.2, -0.15) is 0 Å². The largest absolute Gasteiger partial charge is 0.359 e. The second-order valence-corrected chi connectivity index (χ2v) is 6.36. The van der Waals surface area contributed by atoms with Crippen molar-refractivity contribution in [2.75, 3.05) is 0 Å². The molecule has 0 spiro atoms. The molecule has 0 amide bonds. The minimum Gasteiger partial charge on any atom is -0.359 e. The van der Waals surface area contributed by atoms with E-state index in [0.717, 1.165) is 18.1 Å². The first-order valence-electron chi connectivity index (χ1n) is 7.90. The first-order chi connectivity index (χ1) is 10.7. The molecule has 0 heterocycles. The lowest BCUT2D eigenvalue weighted by Crippen LogP contribution is -2.38. The summed E-state index contributed by atoms with van der Waals surface area (Å²) in [5.74, 6) is 0. The fraction of sp³-hybridized carbons (Fsp3) is 0.316. The molecule has 3 rings (SSSR count). The number of rotatable bonds is 3. The predicted octanol–water partition coefficient (Wildman–Crippen LogP) is 4.04. The van der Waals surface area contributed by atoms with Crippen LogP contribution in [0.5, 0.6) is 0 Å². The highest BCUT2D eigenvalue weighted by molar-refractivity contribution is 7.80. The van der Waals surface area contributed by atoms with E-state index in [-0.39, 0.29) is 0 Å². The average Bonchev–Trinajstić information content (AvgIpc) is 2.55. The number of nitrogens with one attached hydrogen (secondary N) is 2. The molecule has 0 aromatic heterocycles. The summed E-state index contributed by atoms with van der Waals surface area (Å²) in [6, 6.07) is 17.6. The molecule has 0 fully saturated rings. The molecule has 0 radical (unpaired) electrons. The van der Waals surface area contributed by atoms with Crippen molar-refractivity contribution in [3.63, 3.8) is 0 Å². The minimum absolute atomic E-state index is 0.336. The lowest BCUT2D eigenvalue weighted by molar-refractivity contribution is 0.523. The van der Waals surface area contributed by atoms with Crippen LogP contribution in [-0.2, 0) is 13.0 Å². The van der Waals surface area contributed by atoms with Crippen LogP contribution >= 0.6 is 12.2 Å². The van der Waals surface area contributed by atoms with Crippen LogP contribution in [0.25, 0.3) is 0 Å². The van der Waals surface area contributed by atoms with Crippen molar-refractivity contribution < 1.29 is 0 Å². The lowest BCUT2D eigenvalue weighted by Gasteiger charge is -2.27. The SMILES string of the molecule is Cc1ccc(CNC(=S)NC2CCCc3ccccc32)cc1. The maximum atomic E-state index is 5.47. The van der Waals surface area contributed by atoms with Gasteiger partial charge in [-0.05, 0) is 55.1 Å². The third-order valence-corrected chi connectivity index (χ3v) is 4.51. The van der Waals surface area contributed by atoms with Crippen LogP contribution in [0.3, 0.4) is 0 Å². The number of fused-ring (bicyclic) bond motifs is 1. The van der Waals surface area contributed by atoms with E-state index in [9.17, 15) is 0 Å². The van der Waals surface area contributed by atoms with Crippen LogP contribution in [0.15, 0.2) is 48.5 Å². The minimum atomic E-state index is 0.336. The Morgan fingerprint density at radius 2 is 1.91 bits per heavy atom. The standard InChI is InChI=1S/C19H22N2S/c1-14-9-11-15(12-10-14)13-20-19(22)21-18-8-4-6-16-5-2-3-7-17(16)18/h2-3,5,7,9-12,18H,4,6,8,13H2,1H3,(H2,20,21,22). The van der Waals surface area contributed by atoms with Crippen molar-refractivity contribution in [3.05, 3.63) is 70.8 Å². The lowest BCUT2D eigenvalue weighted by atomic mass is 9.88. The van der Waals surface area contributed by atoms with Crippen molar-refractivity contribution >= 4 is 17.3 Å². The molecule has 22 heavy (non-hydrogen) atoms. The van der Waals surface area contributed by atoms with Gasteiger partial charge in [0.2, 0.25) is 0 Å². The second kappa shape index (κ2) is 6.93. The Morgan fingerprint density at radius 3 is 2.73 bits per heavy atom. The topological polar surface area (TPSA) is 24.1 Å². The molecule has 2 aromatic rings. The van der Waals surface area contributed by atoms with Gasteiger partial charge in [0.25, 0.3) is 0 Å². The molecule has 3 heteroatoms. The van der Waals surface area contributed by atoms with Crippen LogP contribution in [0.2, 0.25) is 0 Å². The monoisotopic (exact) mass is 310 g/mol. The van der Waals surface area contributed by atoms with Crippen LogP contribution in [0.1, 0.15) is 41.1 Å². The third-order valence-electron chi connectivity index (χ3n) is 4.25. The van der Waals surface area contributed by atoms with E-state index < -0.39 is 0 Å². The van der Waals surface area contributed by atoms with Gasteiger partial charge in [0.05, 0.1) is 6.04 Å². The van der Waals surface area contributed by atoms with E-state index in [1.54, 1.807) is 0 Å². The van der Waals surface area contributed by atoms with Gasteiger partial charge in [-0.15, -0.1) is 0 Å². The second-order valence-electron chi connectivity index (χ2n) is 5.96. The fourth-order valence-electron chi connectivity index (χ4n) is 3.00. The molecule has 1 atom stereocenters. The molecule has 1 aliphatic carbocycles. The molecule has 0 aliphatic heterocycles. The number of aryl methyl sites for hydroxylation is 2. The molecule has 1 aliphatic rings. The smallest absolute Gasteiger partial charge is 0.167 e. The number of thiocarbonyl (C=S) groups is 1. The number of hydrogen-bond donors (Lipinski definition) is 2. The Morgan fingerprint density at radius 1 is 1.14 bits per heavy atom. The molecule has 2 aromatic carbocycles. The van der Waals surface area contributed by atoms with Crippen molar-refractivity contribution in [2.45, 2.75) is 38.8 Å². The molecule has 0 bridgehead atoms. The van der Waals surface area contributed by atoms with Crippen LogP contribution in [0.4, 0.5) is 0 Å². The van der Waals surface area contributed by atoms with Gasteiger partial charge in [-0.1, -0.05) is 54.1 Å². The van der Waals surface area contributed by atoms with Crippen LogP contribution in [-0.4, -0.2) is 5.11 Å². The predicted molar refractivity (Wildman–Crippen MR) is 95.9 cm³/mol. The molecule has 2 nitrogen and oxygen atoms in total. The van der Waals surface area contributed by atoms with Gasteiger partial charge < -0.3 is 10.6 Å². The van der Waals surface area contributed by atoms with Crippen LogP contribution < -0.4 is 10.6 Å². The molecular weight excluding hydrogens is 288 g/mol. The highest BCUT2D eigenvalue weighted by Crippen LogP contribution is 2.29. The summed E-state index contributed by atoms with van der Waals surface area (Å²) in [6.45, 7) is 2.87. The maximum absolute atomic E-state index is 5.47. The van der Waals surface area contributed by atoms with Crippen molar-refractivity contribution in [2.24, 2.45) is 0 Å². The Bertz CT molecular complexity index is 649. The van der Waals surface area contributed by atoms with Gasteiger partial charge in [0.15, 0.2) is 5.11 Å². The molecular formula is C19H22N2S. The van der Waals surface area contributed by atoms with E-state index in [0.29, 0.717) is 6.04 Å². The Hall–Kier alpha value is -1.87. The molecule has 0 saturated carbocycles. The Labute approximate surface area is 137 Å². The molecule has 0 saturated heterocycles. The number of hydrogen-bond acceptors (Lipinski definition) is 1. The molecule has 2 N–H and O–H groups in total. The highest BCUT2D eigenvalue weighted by atomic mass is 32.1. The first kappa shape index (κ1) is 15.0. The normalized spacial score (nSPS) is 16.7. The summed E-state index contributed by atoms with van der Waals surface area (Å²) in [5.41, 5.74) is 5.38. The quantitative estimate of drug-likeness (QED) is 0.837. The van der Waals surface area contributed by atoms with E-state index >= 15 is 0 Å². The average molecular weight is 310 g/mol. The van der Waals surface area contributed by atoms with Crippen molar-refractivity contribution in [1.82, 2.24) is 10.6 Å². The number of benzene rings is 2. The van der Waals surface area contributed by atoms with Gasteiger partial charge in [-0.3, -0.25) is 0 Å². The summed E-state index contributed by atoms with van der Waals surface area (Å²) in [4.78, 5) is 0. The van der Waals surface area contributed by atoms with Crippen molar-refractivity contribution in [3.8, 4) is 0 Å². The Kier molecular flexibility index (Phi) is 4.74. The molecule has 1 unspecified atom stereocenters. The van der Waals surface area contributed by atoms with Gasteiger partial charge in [0.1, 0.15) is 0 Å². The van der Waals surface area contributed by atoms with Gasteiger partial charge in [-0.25, -0.2) is 0 Å². The van der Waals surface area contributed by atoms with Gasteiger partial charge >= 0.3 is 0 Å². The fourth-order valence-corrected chi connectivity index (χ4v) is 3.22. The van der Waals surface area contributed by atoms with E-state index in [1.165, 1.54) is 35.1 Å². The Balaban J connectivity index is 1.57. The first-order valence-corrected chi connectivity index (χ1v) is 8.31. The molecule has 114 valence electrons. The van der Waals surface area contributed by atoms with E-state index in [4.69, 9.17) is 12.2 Å². The van der Waals surface area contributed by atoms with Crippen molar-refractivity contribution in [1.29, 1.82) is 0 Å². The summed E-state index contributed by atoms with van der Waals surface area (Å²) in [6.07, 6.45) is 3.54. The zero-order chi connectivity index (χ0) is 15.4. The van der Waals surface area contributed by atoms with Crippen LogP contribution in [0, 0.1) is 6.92 Å². The van der Waals surface area contributed by atoms with E-state index in [2.05, 4.69) is 66.1 Å². The maximum Gasteiger partial charge on any atom is 0.167 e. The summed E-state index contributed by atoms with van der Waals surface area (Å²) >= 11 is 5.47. The highest BCUT2D eigenvalue weighted by Gasteiger charge is 2.19. The summed E-state index contributed by atoms with van der Waals surface area (Å²) in [5, 5.41) is 7.53.